The number of nitrogens with one attached hydrogen (secondary N) is 2. The highest BCUT2D eigenvalue weighted by molar-refractivity contribution is 5.97. The van der Waals surface area contributed by atoms with Crippen molar-refractivity contribution in [3.05, 3.63) is 41.7 Å². The Labute approximate surface area is 158 Å². The third-order valence-electron chi connectivity index (χ3n) is 5.77. The number of anilines is 1. The molecule has 7 nitrogen and oxygen atoms in total. The van der Waals surface area contributed by atoms with Crippen molar-refractivity contribution in [2.24, 2.45) is 5.41 Å². The number of benzene rings is 1. The van der Waals surface area contributed by atoms with Gasteiger partial charge in [-0.3, -0.25) is 20.0 Å². The first-order valence-electron chi connectivity index (χ1n) is 9.63. The Bertz CT molecular complexity index is 830. The highest BCUT2D eigenvalue weighted by atomic mass is 16.2. The lowest BCUT2D eigenvalue weighted by Gasteiger charge is -2.39. The summed E-state index contributed by atoms with van der Waals surface area (Å²) in [6.07, 6.45) is 4.99. The zero-order valence-electron chi connectivity index (χ0n) is 15.6. The second kappa shape index (κ2) is 7.13. The molecule has 2 fully saturated rings. The van der Waals surface area contributed by atoms with Gasteiger partial charge in [-0.1, -0.05) is 24.6 Å². The highest BCUT2D eigenvalue weighted by Crippen LogP contribution is 2.35. The van der Waals surface area contributed by atoms with Crippen molar-refractivity contribution in [3.63, 3.8) is 0 Å². The number of piperidine rings is 1. The zero-order chi connectivity index (χ0) is 18.9. The third kappa shape index (κ3) is 3.59. The second-order valence-electron chi connectivity index (χ2n) is 7.88. The van der Waals surface area contributed by atoms with Crippen LogP contribution in [-0.4, -0.2) is 45.0 Å². The van der Waals surface area contributed by atoms with E-state index >= 15 is 0 Å². The molecule has 4 rings (SSSR count). The van der Waals surface area contributed by atoms with E-state index in [2.05, 4.69) is 20.5 Å². The highest BCUT2D eigenvalue weighted by Gasteiger charge is 2.40. The number of hydrogen-bond donors (Lipinski definition) is 2. The summed E-state index contributed by atoms with van der Waals surface area (Å²) in [5.74, 6) is 1.46. The molecule has 0 bridgehead atoms. The molecule has 142 valence electrons. The molecule has 1 saturated heterocycles. The predicted molar refractivity (Wildman–Crippen MR) is 101 cm³/mol. The number of carbonyl (C=O) groups is 2. The number of aromatic nitrogens is 3. The molecule has 0 spiro atoms. The fourth-order valence-corrected chi connectivity index (χ4v) is 3.81. The number of rotatable bonds is 4. The molecular formula is C20H25N5O2. The van der Waals surface area contributed by atoms with E-state index in [0.29, 0.717) is 30.5 Å². The lowest BCUT2D eigenvalue weighted by atomic mass is 9.80. The molecule has 2 aromatic rings. The van der Waals surface area contributed by atoms with Gasteiger partial charge in [0.15, 0.2) is 0 Å². The van der Waals surface area contributed by atoms with Gasteiger partial charge in [-0.2, -0.15) is 4.98 Å². The van der Waals surface area contributed by atoms with Crippen LogP contribution in [-0.2, 0) is 4.79 Å². The summed E-state index contributed by atoms with van der Waals surface area (Å²) in [5, 5.41) is 9.92. The second-order valence-corrected chi connectivity index (χ2v) is 7.88. The first-order valence-corrected chi connectivity index (χ1v) is 9.63. The van der Waals surface area contributed by atoms with Crippen molar-refractivity contribution in [2.75, 3.05) is 18.4 Å². The molecule has 2 amide bonds. The number of carbonyl (C=O) groups excluding carboxylic acids is 2. The van der Waals surface area contributed by atoms with Crippen molar-refractivity contribution >= 4 is 17.8 Å². The molecule has 1 aromatic carbocycles. The first-order chi connectivity index (χ1) is 13.0. The van der Waals surface area contributed by atoms with Crippen LogP contribution in [0.4, 0.5) is 5.95 Å². The standard InChI is InChI=1S/C20H25N5O2/c1-20(18(27)22-19-21-16(23-24-19)14-9-5-10-14)11-6-12-25(13-20)17(26)15-7-3-2-4-8-15/h2-4,7-8,14H,5-6,9-13H2,1H3,(H2,21,22,23,24,27). The van der Waals surface area contributed by atoms with Crippen LogP contribution in [0.15, 0.2) is 30.3 Å². The smallest absolute Gasteiger partial charge is 0.253 e. The Hall–Kier alpha value is -2.70. The molecular weight excluding hydrogens is 342 g/mol. The topological polar surface area (TPSA) is 91.0 Å². The average Bonchev–Trinajstić information content (AvgIpc) is 3.08. The van der Waals surface area contributed by atoms with Gasteiger partial charge in [0.25, 0.3) is 5.91 Å². The van der Waals surface area contributed by atoms with Gasteiger partial charge in [0.2, 0.25) is 11.9 Å². The molecule has 1 saturated carbocycles. The molecule has 0 radical (unpaired) electrons. The monoisotopic (exact) mass is 367 g/mol. The lowest BCUT2D eigenvalue weighted by Crippen LogP contribution is -2.50. The van der Waals surface area contributed by atoms with Gasteiger partial charge in [0, 0.05) is 24.6 Å². The first kappa shape index (κ1) is 17.7. The van der Waals surface area contributed by atoms with E-state index in [1.807, 2.05) is 37.3 Å². The van der Waals surface area contributed by atoms with Gasteiger partial charge >= 0.3 is 0 Å². The molecule has 1 aliphatic heterocycles. The molecule has 1 aliphatic carbocycles. The van der Waals surface area contributed by atoms with Crippen molar-refractivity contribution in [2.45, 2.75) is 44.9 Å². The minimum absolute atomic E-state index is 0.0283. The van der Waals surface area contributed by atoms with Crippen LogP contribution in [0.2, 0.25) is 0 Å². The lowest BCUT2D eigenvalue weighted by molar-refractivity contribution is -0.127. The van der Waals surface area contributed by atoms with Crippen LogP contribution < -0.4 is 5.32 Å². The fourth-order valence-electron chi connectivity index (χ4n) is 3.81. The number of nitrogens with zero attached hydrogens (tertiary/aromatic N) is 3. The number of hydrogen-bond acceptors (Lipinski definition) is 4. The molecule has 2 aliphatic rings. The SMILES string of the molecule is CC1(C(=O)Nc2n[nH]c(C3CCC3)n2)CCCN(C(=O)c2ccccc2)C1. The maximum atomic E-state index is 12.9. The van der Waals surface area contributed by atoms with E-state index in [-0.39, 0.29) is 11.8 Å². The summed E-state index contributed by atoms with van der Waals surface area (Å²) in [6.45, 7) is 2.97. The molecule has 1 unspecified atom stereocenters. The summed E-state index contributed by atoms with van der Waals surface area (Å²) in [4.78, 5) is 31.9. The third-order valence-corrected chi connectivity index (χ3v) is 5.77. The van der Waals surface area contributed by atoms with Crippen molar-refractivity contribution < 1.29 is 9.59 Å². The predicted octanol–water partition coefficient (Wildman–Crippen LogP) is 2.95. The van der Waals surface area contributed by atoms with Crippen molar-refractivity contribution in [3.8, 4) is 0 Å². The van der Waals surface area contributed by atoms with Gasteiger partial charge < -0.3 is 4.90 Å². The van der Waals surface area contributed by atoms with Crippen LogP contribution in [0.5, 0.6) is 0 Å². The Morgan fingerprint density at radius 3 is 2.70 bits per heavy atom. The Morgan fingerprint density at radius 1 is 1.22 bits per heavy atom. The molecule has 2 N–H and O–H groups in total. The summed E-state index contributed by atoms with van der Waals surface area (Å²) < 4.78 is 0. The Morgan fingerprint density at radius 2 is 2.00 bits per heavy atom. The van der Waals surface area contributed by atoms with Crippen LogP contribution >= 0.6 is 0 Å². The largest absolute Gasteiger partial charge is 0.338 e. The normalized spacial score (nSPS) is 22.9. The number of aromatic amines is 1. The molecule has 2 heterocycles. The van der Waals surface area contributed by atoms with E-state index in [1.165, 1.54) is 6.42 Å². The molecule has 1 aromatic heterocycles. The quantitative estimate of drug-likeness (QED) is 0.869. The van der Waals surface area contributed by atoms with E-state index in [1.54, 1.807) is 4.90 Å². The van der Waals surface area contributed by atoms with Gasteiger partial charge in [-0.05, 0) is 44.7 Å². The number of amides is 2. The van der Waals surface area contributed by atoms with E-state index in [4.69, 9.17) is 0 Å². The number of likely N-dealkylation sites (tertiary alicyclic amines) is 1. The van der Waals surface area contributed by atoms with Crippen molar-refractivity contribution in [1.82, 2.24) is 20.1 Å². The van der Waals surface area contributed by atoms with Gasteiger partial charge in [-0.25, -0.2) is 0 Å². The van der Waals surface area contributed by atoms with E-state index in [9.17, 15) is 9.59 Å². The summed E-state index contributed by atoms with van der Waals surface area (Å²) in [5.41, 5.74) is 0.00113. The average molecular weight is 367 g/mol. The molecule has 1 atom stereocenters. The summed E-state index contributed by atoms with van der Waals surface area (Å²) >= 11 is 0. The van der Waals surface area contributed by atoms with Crippen LogP contribution in [0, 0.1) is 5.41 Å². The Kier molecular flexibility index (Phi) is 4.68. The Balaban J connectivity index is 1.42. The summed E-state index contributed by atoms with van der Waals surface area (Å²) in [7, 11) is 0. The van der Waals surface area contributed by atoms with E-state index in [0.717, 1.165) is 31.5 Å². The van der Waals surface area contributed by atoms with Gasteiger partial charge in [-0.15, -0.1) is 5.10 Å². The van der Waals surface area contributed by atoms with Crippen LogP contribution in [0.3, 0.4) is 0 Å². The van der Waals surface area contributed by atoms with E-state index < -0.39 is 5.41 Å². The van der Waals surface area contributed by atoms with Gasteiger partial charge in [0.05, 0.1) is 5.41 Å². The molecule has 7 heteroatoms. The minimum atomic E-state index is -0.653. The maximum Gasteiger partial charge on any atom is 0.253 e. The van der Waals surface area contributed by atoms with Gasteiger partial charge in [0.1, 0.15) is 5.82 Å². The van der Waals surface area contributed by atoms with Crippen LogP contribution in [0.1, 0.15) is 61.1 Å². The fraction of sp³-hybridized carbons (Fsp3) is 0.500. The minimum Gasteiger partial charge on any atom is -0.338 e. The van der Waals surface area contributed by atoms with Crippen molar-refractivity contribution in [1.29, 1.82) is 0 Å². The van der Waals surface area contributed by atoms with Crippen LogP contribution in [0.25, 0.3) is 0 Å². The number of H-pyrrole nitrogens is 1. The maximum absolute atomic E-state index is 12.9. The summed E-state index contributed by atoms with van der Waals surface area (Å²) in [6, 6.07) is 9.21. The molecule has 27 heavy (non-hydrogen) atoms. The zero-order valence-corrected chi connectivity index (χ0v) is 15.6.